The highest BCUT2D eigenvalue weighted by atomic mass is 19.4. The van der Waals surface area contributed by atoms with Crippen LogP contribution in [0.5, 0.6) is 11.6 Å². The molecule has 0 spiro atoms. The van der Waals surface area contributed by atoms with Gasteiger partial charge in [-0.2, -0.15) is 13.2 Å². The lowest BCUT2D eigenvalue weighted by Gasteiger charge is -2.36. The first-order chi connectivity index (χ1) is 22.0. The van der Waals surface area contributed by atoms with Crippen molar-refractivity contribution in [2.75, 3.05) is 46.1 Å². The summed E-state index contributed by atoms with van der Waals surface area (Å²) < 4.78 is 51.9. The van der Waals surface area contributed by atoms with Gasteiger partial charge in [0.1, 0.15) is 11.5 Å². The molecule has 0 atom stereocenters. The third-order valence-electron chi connectivity index (χ3n) is 7.61. The topological polar surface area (TPSA) is 131 Å². The quantitative estimate of drug-likeness (QED) is 0.128. The van der Waals surface area contributed by atoms with Crippen molar-refractivity contribution in [2.24, 2.45) is 0 Å². The van der Waals surface area contributed by atoms with Gasteiger partial charge in [-0.05, 0) is 61.9 Å². The zero-order valence-electron chi connectivity index (χ0n) is 26.1. The Bertz CT molecular complexity index is 1630. The number of methoxy groups -OCH3 is 2. The maximum Gasteiger partial charge on any atom is 0.416 e. The van der Waals surface area contributed by atoms with E-state index in [1.54, 1.807) is 24.5 Å². The van der Waals surface area contributed by atoms with Crippen molar-refractivity contribution in [1.82, 2.24) is 19.8 Å². The standard InChI is InChI=1S/C25H30N6O3.C8H7F3O/c1-16(2)31-6-4-30(5-7-31)14-20-13-29-25(34-20)21-9-17(10-23(27)22(21)11-26)18-8-19(15-32)24(33-3)28-12-18;1-12-7-4-2-6(3-5-7)8(9,10)11/h8-13,15-16,26H,4-7,14,27H2,1-3H3;2-5H,1H3. The van der Waals surface area contributed by atoms with Gasteiger partial charge in [-0.25, -0.2) is 9.97 Å². The van der Waals surface area contributed by atoms with E-state index in [1.807, 2.05) is 6.07 Å². The molecule has 2 aromatic carbocycles. The van der Waals surface area contributed by atoms with Gasteiger partial charge in [0.25, 0.3) is 0 Å². The Hall–Kier alpha value is -4.75. The molecule has 0 radical (unpaired) electrons. The number of hydrogen-bond donors (Lipinski definition) is 2. The lowest BCUT2D eigenvalue weighted by molar-refractivity contribution is -0.137. The highest BCUT2D eigenvalue weighted by molar-refractivity contribution is 5.96. The second kappa shape index (κ2) is 15.0. The molecule has 1 fully saturated rings. The minimum absolute atomic E-state index is 0.259. The number of nitrogens with two attached hydrogens (primary N) is 1. The van der Waals surface area contributed by atoms with Crippen LogP contribution >= 0.6 is 0 Å². The first kappa shape index (κ1) is 34.1. The lowest BCUT2D eigenvalue weighted by Crippen LogP contribution is -2.48. The van der Waals surface area contributed by atoms with E-state index >= 15 is 0 Å². The third-order valence-corrected chi connectivity index (χ3v) is 7.61. The summed E-state index contributed by atoms with van der Waals surface area (Å²) in [7, 11) is 2.87. The van der Waals surface area contributed by atoms with Gasteiger partial charge in [0.15, 0.2) is 6.29 Å². The van der Waals surface area contributed by atoms with Gasteiger partial charge in [-0.3, -0.25) is 14.6 Å². The molecule has 13 heteroatoms. The number of anilines is 1. The Morgan fingerprint density at radius 3 is 2.26 bits per heavy atom. The van der Waals surface area contributed by atoms with Gasteiger partial charge in [0, 0.05) is 67.0 Å². The summed E-state index contributed by atoms with van der Waals surface area (Å²) in [5.74, 6) is 1.85. The molecule has 1 aliphatic rings. The SMILES string of the molecule is COc1ccc(C(F)(F)F)cc1.COc1ncc(-c2cc(N)c(C=N)c(-c3ncc(CN4CCN(C(C)C)CC4)o3)c2)cc1C=O. The maximum absolute atomic E-state index is 12.0. The zero-order chi connectivity index (χ0) is 33.4. The van der Waals surface area contributed by atoms with Gasteiger partial charge in [-0.15, -0.1) is 0 Å². The van der Waals surface area contributed by atoms with Crippen LogP contribution in [0.3, 0.4) is 0 Å². The summed E-state index contributed by atoms with van der Waals surface area (Å²) in [6.45, 7) is 9.15. The number of carbonyl (C=O) groups is 1. The van der Waals surface area contributed by atoms with Crippen LogP contribution < -0.4 is 15.2 Å². The summed E-state index contributed by atoms with van der Waals surface area (Å²) in [4.78, 5) is 25.0. The Morgan fingerprint density at radius 2 is 1.70 bits per heavy atom. The van der Waals surface area contributed by atoms with E-state index in [4.69, 9.17) is 25.0 Å². The van der Waals surface area contributed by atoms with E-state index in [0.29, 0.717) is 58.5 Å². The highest BCUT2D eigenvalue weighted by Gasteiger charge is 2.30. The van der Waals surface area contributed by atoms with Crippen LogP contribution in [0.25, 0.3) is 22.6 Å². The first-order valence-electron chi connectivity index (χ1n) is 14.5. The number of oxazole rings is 1. The van der Waals surface area contributed by atoms with Crippen molar-refractivity contribution in [3.05, 3.63) is 77.3 Å². The molecule has 0 bridgehead atoms. The predicted molar refractivity (Wildman–Crippen MR) is 169 cm³/mol. The smallest absolute Gasteiger partial charge is 0.416 e. The molecule has 4 aromatic rings. The molecule has 244 valence electrons. The molecule has 46 heavy (non-hydrogen) atoms. The number of pyridine rings is 1. The van der Waals surface area contributed by atoms with E-state index in [2.05, 4.69) is 33.6 Å². The van der Waals surface area contributed by atoms with Crippen molar-refractivity contribution in [3.8, 4) is 34.2 Å². The molecule has 5 rings (SSSR count). The van der Waals surface area contributed by atoms with Crippen molar-refractivity contribution >= 4 is 18.2 Å². The molecule has 1 saturated heterocycles. The fourth-order valence-electron chi connectivity index (χ4n) is 5.01. The lowest BCUT2D eigenvalue weighted by atomic mass is 9.98. The second-order valence-electron chi connectivity index (χ2n) is 10.9. The molecule has 0 amide bonds. The molecule has 10 nitrogen and oxygen atoms in total. The van der Waals surface area contributed by atoms with Crippen molar-refractivity contribution in [2.45, 2.75) is 32.6 Å². The number of benzene rings is 2. The fourth-order valence-corrected chi connectivity index (χ4v) is 5.01. The van der Waals surface area contributed by atoms with Crippen LogP contribution in [0, 0.1) is 5.41 Å². The minimum Gasteiger partial charge on any atom is -0.497 e. The number of nitrogens with zero attached hydrogens (tertiary/aromatic N) is 4. The zero-order valence-corrected chi connectivity index (χ0v) is 26.1. The van der Waals surface area contributed by atoms with Crippen LogP contribution in [-0.4, -0.2) is 78.7 Å². The van der Waals surface area contributed by atoms with E-state index < -0.39 is 11.7 Å². The van der Waals surface area contributed by atoms with Crippen LogP contribution in [0.2, 0.25) is 0 Å². The summed E-state index contributed by atoms with van der Waals surface area (Å²) in [6.07, 6.45) is 0.984. The number of piperazine rings is 1. The number of alkyl halides is 3. The number of halogens is 3. The van der Waals surface area contributed by atoms with Crippen LogP contribution in [0.4, 0.5) is 18.9 Å². The average molecular weight is 639 g/mol. The molecule has 0 unspecified atom stereocenters. The highest BCUT2D eigenvalue weighted by Crippen LogP contribution is 2.34. The second-order valence-corrected chi connectivity index (χ2v) is 10.9. The minimum atomic E-state index is -4.27. The summed E-state index contributed by atoms with van der Waals surface area (Å²) >= 11 is 0. The predicted octanol–water partition coefficient (Wildman–Crippen LogP) is 6.04. The molecule has 2 aromatic heterocycles. The van der Waals surface area contributed by atoms with Crippen LogP contribution in [-0.2, 0) is 12.7 Å². The van der Waals surface area contributed by atoms with Crippen molar-refractivity contribution in [3.63, 3.8) is 0 Å². The Balaban J connectivity index is 0.000000337. The van der Waals surface area contributed by atoms with Crippen molar-refractivity contribution < 1.29 is 31.9 Å². The number of aromatic nitrogens is 2. The number of aldehydes is 1. The molecule has 0 saturated carbocycles. The van der Waals surface area contributed by atoms with E-state index in [-0.39, 0.29) is 5.88 Å². The van der Waals surface area contributed by atoms with E-state index in [1.165, 1.54) is 32.6 Å². The average Bonchev–Trinajstić information content (AvgIpc) is 3.52. The summed E-state index contributed by atoms with van der Waals surface area (Å²) in [6, 6.07) is 10.4. The fraction of sp³-hybridized carbons (Fsp3) is 0.333. The van der Waals surface area contributed by atoms with Gasteiger partial charge in [0.2, 0.25) is 11.8 Å². The molecule has 0 aliphatic carbocycles. The molecule has 1 aliphatic heterocycles. The molecule has 3 N–H and O–H groups in total. The van der Waals surface area contributed by atoms with Gasteiger partial charge in [0.05, 0.1) is 38.1 Å². The normalized spacial score (nSPS) is 14.0. The Kier molecular flexibility index (Phi) is 11.1. The Labute approximate surface area is 265 Å². The van der Waals surface area contributed by atoms with Gasteiger partial charge in [-0.1, -0.05) is 0 Å². The van der Waals surface area contributed by atoms with Crippen molar-refractivity contribution in [1.29, 1.82) is 5.41 Å². The number of nitrogen functional groups attached to an aromatic ring is 1. The Morgan fingerprint density at radius 1 is 1.00 bits per heavy atom. The number of hydrogen-bond acceptors (Lipinski definition) is 10. The monoisotopic (exact) mass is 638 g/mol. The molecular weight excluding hydrogens is 601 g/mol. The summed E-state index contributed by atoms with van der Waals surface area (Å²) in [5, 5.41) is 7.87. The van der Waals surface area contributed by atoms with Gasteiger partial charge < -0.3 is 25.0 Å². The van der Waals surface area contributed by atoms with Crippen LogP contribution in [0.15, 0.2) is 59.3 Å². The van der Waals surface area contributed by atoms with E-state index in [0.717, 1.165) is 49.6 Å². The number of rotatable bonds is 9. The molecule has 3 heterocycles. The number of carbonyl (C=O) groups excluding carboxylic acids is 1. The van der Waals surface area contributed by atoms with E-state index in [9.17, 15) is 18.0 Å². The number of nitrogens with one attached hydrogen (secondary N) is 1. The van der Waals surface area contributed by atoms with Crippen LogP contribution in [0.1, 0.15) is 41.1 Å². The molecular formula is C33H37F3N6O4. The number of ether oxygens (including phenoxy) is 2. The maximum atomic E-state index is 12.0. The third kappa shape index (κ3) is 8.29. The largest absolute Gasteiger partial charge is 0.497 e. The summed E-state index contributed by atoms with van der Waals surface area (Å²) in [5.41, 5.74) is 8.94. The van der Waals surface area contributed by atoms with Gasteiger partial charge >= 0.3 is 6.18 Å². The first-order valence-corrected chi connectivity index (χ1v) is 14.5.